The SMILES string of the molecule is CC(C)C(=O)Oc1c2n(ncc1=O)C(C1c3ccccc3CCc3ccccc31)CN(C)C2=O. The highest BCUT2D eigenvalue weighted by molar-refractivity contribution is 5.96. The molecule has 0 spiro atoms. The maximum atomic E-state index is 13.3. The molecule has 1 aliphatic heterocycles. The van der Waals surface area contributed by atoms with Crippen LogP contribution in [0.15, 0.2) is 59.5 Å². The third-order valence-corrected chi connectivity index (χ3v) is 6.79. The first-order valence-corrected chi connectivity index (χ1v) is 11.6. The molecule has 7 heteroatoms. The first kappa shape index (κ1) is 22.1. The molecule has 0 saturated heterocycles. The highest BCUT2D eigenvalue weighted by Gasteiger charge is 2.41. The van der Waals surface area contributed by atoms with E-state index in [-0.39, 0.29) is 29.3 Å². The molecule has 34 heavy (non-hydrogen) atoms. The predicted molar refractivity (Wildman–Crippen MR) is 127 cm³/mol. The van der Waals surface area contributed by atoms with E-state index in [1.807, 2.05) is 12.1 Å². The smallest absolute Gasteiger partial charge is 0.313 e. The molecule has 0 N–H and O–H groups in total. The van der Waals surface area contributed by atoms with Crippen molar-refractivity contribution in [2.24, 2.45) is 5.92 Å². The molecule has 5 rings (SSSR count). The number of carbonyl (C=O) groups is 2. The van der Waals surface area contributed by atoms with Crippen LogP contribution in [0.3, 0.4) is 0 Å². The average molecular weight is 458 g/mol. The molecule has 0 bridgehead atoms. The number of rotatable bonds is 3. The molecule has 2 aromatic carbocycles. The molecule has 1 atom stereocenters. The summed E-state index contributed by atoms with van der Waals surface area (Å²) in [5, 5.41) is 4.41. The fraction of sp³-hybridized carbons (Fsp3) is 0.333. The second kappa shape index (κ2) is 8.56. The van der Waals surface area contributed by atoms with Crippen molar-refractivity contribution in [3.05, 3.63) is 92.9 Å². The van der Waals surface area contributed by atoms with Crippen LogP contribution in [-0.2, 0) is 17.6 Å². The standard InChI is InChI=1S/C27H27N3O4/c1-16(2)27(33)34-25-22(31)14-28-30-21(15-29(3)26(32)24(25)30)23-19-10-6-4-8-17(19)12-13-18-9-5-7-11-20(18)23/h4-11,14,16,21,23H,12-13,15H2,1-3H3. The zero-order chi connectivity index (χ0) is 24.0. The van der Waals surface area contributed by atoms with Crippen LogP contribution in [0.4, 0.5) is 0 Å². The van der Waals surface area contributed by atoms with Crippen molar-refractivity contribution < 1.29 is 14.3 Å². The number of benzene rings is 2. The van der Waals surface area contributed by atoms with Gasteiger partial charge in [-0.15, -0.1) is 0 Å². The predicted octanol–water partition coefficient (Wildman–Crippen LogP) is 3.36. The highest BCUT2D eigenvalue weighted by atomic mass is 16.5. The molecule has 174 valence electrons. The Morgan fingerprint density at radius 2 is 1.59 bits per heavy atom. The largest absolute Gasteiger partial charge is 0.420 e. The Bertz CT molecular complexity index is 1300. The van der Waals surface area contributed by atoms with Gasteiger partial charge in [-0.1, -0.05) is 62.4 Å². The molecule has 2 heterocycles. The Balaban J connectivity index is 1.74. The summed E-state index contributed by atoms with van der Waals surface area (Å²) < 4.78 is 7.07. The van der Waals surface area contributed by atoms with Crippen molar-refractivity contribution in [1.29, 1.82) is 0 Å². The Morgan fingerprint density at radius 1 is 1.00 bits per heavy atom. The third kappa shape index (κ3) is 3.61. The van der Waals surface area contributed by atoms with Gasteiger partial charge in [-0.2, -0.15) is 5.10 Å². The molecule has 3 aromatic rings. The van der Waals surface area contributed by atoms with Crippen LogP contribution in [0.1, 0.15) is 58.5 Å². The van der Waals surface area contributed by atoms with Crippen LogP contribution in [0.5, 0.6) is 5.75 Å². The van der Waals surface area contributed by atoms with Gasteiger partial charge in [-0.3, -0.25) is 19.1 Å². The molecule has 1 unspecified atom stereocenters. The summed E-state index contributed by atoms with van der Waals surface area (Å²) in [6, 6.07) is 16.5. The van der Waals surface area contributed by atoms with E-state index in [0.29, 0.717) is 6.54 Å². The molecule has 1 aliphatic carbocycles. The van der Waals surface area contributed by atoms with Crippen molar-refractivity contribution in [2.45, 2.75) is 38.6 Å². The number of nitrogens with zero attached hydrogens (tertiary/aromatic N) is 3. The normalized spacial score (nSPS) is 17.6. The van der Waals surface area contributed by atoms with E-state index in [9.17, 15) is 14.4 Å². The van der Waals surface area contributed by atoms with Crippen molar-refractivity contribution >= 4 is 11.9 Å². The number of likely N-dealkylation sites (N-methyl/N-ethyl adjacent to an activating group) is 1. The van der Waals surface area contributed by atoms with E-state index in [0.717, 1.165) is 19.0 Å². The fourth-order valence-electron chi connectivity index (χ4n) is 5.07. The quantitative estimate of drug-likeness (QED) is 0.564. The molecule has 1 amide bonds. The monoisotopic (exact) mass is 457 g/mol. The van der Waals surface area contributed by atoms with Gasteiger partial charge in [-0.25, -0.2) is 0 Å². The van der Waals surface area contributed by atoms with E-state index >= 15 is 0 Å². The molecule has 0 saturated carbocycles. The molecule has 0 fully saturated rings. The van der Waals surface area contributed by atoms with Crippen molar-refractivity contribution in [3.8, 4) is 5.75 Å². The van der Waals surface area contributed by atoms with Gasteiger partial charge in [-0.05, 0) is 35.1 Å². The Hall–Kier alpha value is -3.74. The Labute approximate surface area is 198 Å². The summed E-state index contributed by atoms with van der Waals surface area (Å²) in [5.74, 6) is -1.73. The minimum Gasteiger partial charge on any atom is -0.420 e. The van der Waals surface area contributed by atoms with Crippen LogP contribution >= 0.6 is 0 Å². The van der Waals surface area contributed by atoms with Crippen LogP contribution in [0, 0.1) is 5.92 Å². The molecule has 0 radical (unpaired) electrons. The zero-order valence-electron chi connectivity index (χ0n) is 19.5. The maximum absolute atomic E-state index is 13.3. The Kier molecular flexibility index (Phi) is 5.55. The third-order valence-electron chi connectivity index (χ3n) is 6.79. The summed E-state index contributed by atoms with van der Waals surface area (Å²) in [7, 11) is 1.71. The number of carbonyl (C=O) groups excluding carboxylic acids is 2. The number of hydrogen-bond acceptors (Lipinski definition) is 5. The van der Waals surface area contributed by atoms with Gasteiger partial charge in [0.05, 0.1) is 18.2 Å². The molecule has 1 aromatic heterocycles. The molecular weight excluding hydrogens is 430 g/mol. The van der Waals surface area contributed by atoms with Gasteiger partial charge in [0.15, 0.2) is 5.69 Å². The van der Waals surface area contributed by atoms with Crippen LogP contribution in [0.2, 0.25) is 0 Å². The van der Waals surface area contributed by atoms with E-state index in [2.05, 4.69) is 41.5 Å². The van der Waals surface area contributed by atoms with Gasteiger partial charge in [0.25, 0.3) is 5.91 Å². The Morgan fingerprint density at radius 3 is 2.18 bits per heavy atom. The summed E-state index contributed by atoms with van der Waals surface area (Å²) >= 11 is 0. The van der Waals surface area contributed by atoms with Crippen LogP contribution in [-0.4, -0.2) is 40.1 Å². The summed E-state index contributed by atoms with van der Waals surface area (Å²) in [4.78, 5) is 39.9. The lowest BCUT2D eigenvalue weighted by Gasteiger charge is -2.38. The van der Waals surface area contributed by atoms with Gasteiger partial charge in [0.1, 0.15) is 0 Å². The fourth-order valence-corrected chi connectivity index (χ4v) is 5.07. The highest BCUT2D eigenvalue weighted by Crippen LogP contribution is 2.43. The summed E-state index contributed by atoms with van der Waals surface area (Å²) in [6.45, 7) is 3.78. The lowest BCUT2D eigenvalue weighted by Crippen LogP contribution is -2.46. The number of amides is 1. The number of esters is 1. The van der Waals surface area contributed by atoms with Crippen molar-refractivity contribution in [3.63, 3.8) is 0 Å². The second-order valence-corrected chi connectivity index (χ2v) is 9.34. The first-order valence-electron chi connectivity index (χ1n) is 11.6. The lowest BCUT2D eigenvalue weighted by molar-refractivity contribution is -0.137. The van der Waals surface area contributed by atoms with E-state index in [4.69, 9.17) is 4.74 Å². The number of aromatic nitrogens is 2. The maximum Gasteiger partial charge on any atom is 0.313 e. The first-order chi connectivity index (χ1) is 16.4. The minimum atomic E-state index is -0.579. The van der Waals surface area contributed by atoms with E-state index in [1.54, 1.807) is 30.5 Å². The molecule has 7 nitrogen and oxygen atoms in total. The second-order valence-electron chi connectivity index (χ2n) is 9.34. The summed E-state index contributed by atoms with van der Waals surface area (Å²) in [6.07, 6.45) is 2.99. The van der Waals surface area contributed by atoms with Crippen molar-refractivity contribution in [1.82, 2.24) is 14.7 Å². The van der Waals surface area contributed by atoms with E-state index in [1.165, 1.54) is 22.3 Å². The van der Waals surface area contributed by atoms with Gasteiger partial charge in [0.2, 0.25) is 11.2 Å². The summed E-state index contributed by atoms with van der Waals surface area (Å²) in [5.41, 5.74) is 4.35. The zero-order valence-corrected chi connectivity index (χ0v) is 19.5. The minimum absolute atomic E-state index is 0.0273. The number of fused-ring (bicyclic) bond motifs is 3. The van der Waals surface area contributed by atoms with Gasteiger partial charge >= 0.3 is 5.97 Å². The van der Waals surface area contributed by atoms with Crippen molar-refractivity contribution in [2.75, 3.05) is 13.6 Å². The topological polar surface area (TPSA) is 81.5 Å². The molecule has 2 aliphatic rings. The molecular formula is C27H27N3O4. The number of hydrogen-bond donors (Lipinski definition) is 0. The van der Waals surface area contributed by atoms with Crippen LogP contribution < -0.4 is 10.2 Å². The number of aryl methyl sites for hydroxylation is 2. The van der Waals surface area contributed by atoms with Crippen LogP contribution in [0.25, 0.3) is 0 Å². The van der Waals surface area contributed by atoms with E-state index < -0.39 is 17.3 Å². The lowest BCUT2D eigenvalue weighted by atomic mass is 9.81. The van der Waals surface area contributed by atoms with Gasteiger partial charge in [0, 0.05) is 19.5 Å². The van der Waals surface area contributed by atoms with Gasteiger partial charge < -0.3 is 9.64 Å². The average Bonchev–Trinajstić information content (AvgIpc) is 2.99. The number of ether oxygens (including phenoxy) is 1.